The molecule has 2 N–H and O–H groups in total. The highest BCUT2D eigenvalue weighted by molar-refractivity contribution is 5.86. The van der Waals surface area contributed by atoms with Gasteiger partial charge in [0.05, 0.1) is 7.11 Å². The minimum atomic E-state index is 0.328. The lowest BCUT2D eigenvalue weighted by Gasteiger charge is -2.13. The summed E-state index contributed by atoms with van der Waals surface area (Å²) in [7, 11) is 1.71. The summed E-state index contributed by atoms with van der Waals surface area (Å²) in [6.45, 7) is 6.69. The van der Waals surface area contributed by atoms with Gasteiger partial charge in [-0.15, -0.1) is 0 Å². The van der Waals surface area contributed by atoms with Crippen LogP contribution >= 0.6 is 0 Å². The Hall–Kier alpha value is -2.66. The summed E-state index contributed by atoms with van der Waals surface area (Å²) in [6, 6.07) is 12.4. The highest BCUT2D eigenvalue weighted by atomic mass is 16.7. The predicted octanol–water partition coefficient (Wildman–Crippen LogP) is 4.22. The summed E-state index contributed by atoms with van der Waals surface area (Å²) >= 11 is 0. The van der Waals surface area contributed by atoms with Crippen molar-refractivity contribution in [1.29, 1.82) is 0 Å². The van der Waals surface area contributed by atoms with Gasteiger partial charge in [0, 0.05) is 16.6 Å². The number of aryl methyl sites for hydroxylation is 1. The van der Waals surface area contributed by atoms with Crippen molar-refractivity contribution in [2.75, 3.05) is 27.0 Å². The molecule has 148 valence electrons. The normalized spacial score (nSPS) is 13.8. The van der Waals surface area contributed by atoms with Crippen molar-refractivity contribution in [2.45, 2.75) is 26.7 Å². The second-order valence-corrected chi connectivity index (χ2v) is 7.59. The van der Waals surface area contributed by atoms with Crippen LogP contribution in [-0.4, -0.2) is 32.0 Å². The summed E-state index contributed by atoms with van der Waals surface area (Å²) in [6.07, 6.45) is 2.02. The Labute approximate surface area is 166 Å². The fourth-order valence-corrected chi connectivity index (χ4v) is 3.91. The zero-order chi connectivity index (χ0) is 19.5. The lowest BCUT2D eigenvalue weighted by atomic mass is 10.0. The molecule has 5 heteroatoms. The third kappa shape index (κ3) is 3.94. The first-order valence-electron chi connectivity index (χ1n) is 9.88. The van der Waals surface area contributed by atoms with E-state index in [-0.39, 0.29) is 0 Å². The summed E-state index contributed by atoms with van der Waals surface area (Å²) in [5.41, 5.74) is 5.06. The lowest BCUT2D eigenvalue weighted by molar-refractivity contribution is 0.174. The topological polar surface area (TPSA) is 55.5 Å². The second kappa shape index (κ2) is 8.15. The van der Waals surface area contributed by atoms with E-state index in [4.69, 9.17) is 14.2 Å². The molecule has 1 aliphatic rings. The maximum absolute atomic E-state index is 5.47. The van der Waals surface area contributed by atoms with Crippen molar-refractivity contribution < 1.29 is 14.2 Å². The Morgan fingerprint density at radius 3 is 2.86 bits per heavy atom. The van der Waals surface area contributed by atoms with Gasteiger partial charge in [0.25, 0.3) is 0 Å². The van der Waals surface area contributed by atoms with E-state index >= 15 is 0 Å². The average Bonchev–Trinajstić information content (AvgIpc) is 3.28. The van der Waals surface area contributed by atoms with E-state index in [1.807, 2.05) is 12.1 Å². The number of benzene rings is 2. The molecule has 0 aliphatic carbocycles. The van der Waals surface area contributed by atoms with E-state index in [9.17, 15) is 0 Å². The number of aromatic amines is 1. The van der Waals surface area contributed by atoms with Crippen molar-refractivity contribution in [2.24, 2.45) is 5.92 Å². The minimum absolute atomic E-state index is 0.328. The molecule has 0 amide bonds. The van der Waals surface area contributed by atoms with Gasteiger partial charge in [-0.1, -0.05) is 13.0 Å². The van der Waals surface area contributed by atoms with Crippen LogP contribution in [-0.2, 0) is 12.8 Å². The smallest absolute Gasteiger partial charge is 0.231 e. The highest BCUT2D eigenvalue weighted by Crippen LogP contribution is 2.33. The van der Waals surface area contributed by atoms with Gasteiger partial charge in [-0.25, -0.2) is 0 Å². The van der Waals surface area contributed by atoms with Crippen LogP contribution in [0.15, 0.2) is 36.4 Å². The molecule has 2 aromatic carbocycles. The number of nitrogens with one attached hydrogen (secondary N) is 2. The average molecular weight is 380 g/mol. The maximum Gasteiger partial charge on any atom is 0.231 e. The number of fused-ring (bicyclic) bond motifs is 2. The number of H-pyrrole nitrogens is 1. The molecule has 0 fully saturated rings. The fourth-order valence-electron chi connectivity index (χ4n) is 3.91. The van der Waals surface area contributed by atoms with Crippen molar-refractivity contribution in [1.82, 2.24) is 10.3 Å². The van der Waals surface area contributed by atoms with Gasteiger partial charge in [0.2, 0.25) is 6.79 Å². The molecule has 0 radical (unpaired) electrons. The zero-order valence-corrected chi connectivity index (χ0v) is 16.8. The first-order valence-corrected chi connectivity index (χ1v) is 9.88. The van der Waals surface area contributed by atoms with Gasteiger partial charge >= 0.3 is 0 Å². The molecule has 1 aliphatic heterocycles. The molecular weight excluding hydrogens is 352 g/mol. The second-order valence-electron chi connectivity index (χ2n) is 7.59. The molecule has 1 aromatic heterocycles. The van der Waals surface area contributed by atoms with E-state index in [1.54, 1.807) is 7.11 Å². The van der Waals surface area contributed by atoms with Crippen molar-refractivity contribution >= 4 is 10.9 Å². The van der Waals surface area contributed by atoms with Gasteiger partial charge in [-0.3, -0.25) is 0 Å². The Morgan fingerprint density at radius 2 is 2.00 bits per heavy atom. The third-order valence-corrected chi connectivity index (χ3v) is 5.39. The lowest BCUT2D eigenvalue weighted by Crippen LogP contribution is -2.24. The maximum atomic E-state index is 5.47. The molecule has 0 bridgehead atoms. The zero-order valence-electron chi connectivity index (χ0n) is 16.8. The number of hydrogen-bond donors (Lipinski definition) is 2. The molecule has 1 atom stereocenters. The Bertz CT molecular complexity index is 964. The Balaban J connectivity index is 1.30. The molecule has 3 aromatic rings. The van der Waals surface area contributed by atoms with Crippen LogP contribution in [0.4, 0.5) is 0 Å². The van der Waals surface area contributed by atoms with E-state index in [1.165, 1.54) is 27.7 Å². The Morgan fingerprint density at radius 1 is 1.14 bits per heavy atom. The molecule has 0 saturated carbocycles. The molecule has 0 spiro atoms. The van der Waals surface area contributed by atoms with Crippen LogP contribution < -0.4 is 19.5 Å². The van der Waals surface area contributed by atoms with Crippen LogP contribution in [0, 0.1) is 12.8 Å². The third-order valence-electron chi connectivity index (χ3n) is 5.39. The van der Waals surface area contributed by atoms with Crippen molar-refractivity contribution in [3.05, 3.63) is 53.2 Å². The van der Waals surface area contributed by atoms with Crippen LogP contribution in [0.1, 0.15) is 23.7 Å². The minimum Gasteiger partial charge on any atom is -0.497 e. The fraction of sp³-hybridized carbons (Fsp3) is 0.391. The molecule has 5 nitrogen and oxygen atoms in total. The highest BCUT2D eigenvalue weighted by Gasteiger charge is 2.14. The first kappa shape index (κ1) is 18.7. The number of aromatic nitrogens is 1. The van der Waals surface area contributed by atoms with Crippen LogP contribution in [0.25, 0.3) is 10.9 Å². The largest absolute Gasteiger partial charge is 0.497 e. The van der Waals surface area contributed by atoms with Gasteiger partial charge < -0.3 is 24.5 Å². The number of ether oxygens (including phenoxy) is 3. The summed E-state index contributed by atoms with van der Waals surface area (Å²) in [4.78, 5) is 3.48. The standard InChI is InChI=1S/C23H28N2O3/c1-15(10-17-4-7-22-23(11-17)28-14-27-22)13-24-9-8-19-16(2)25-21-6-5-18(26-3)12-20(19)21/h4-7,11-12,15,24-25H,8-10,13-14H2,1-3H3/t15-/m1/s1. The molecule has 28 heavy (non-hydrogen) atoms. The summed E-state index contributed by atoms with van der Waals surface area (Å²) < 4.78 is 16.2. The van der Waals surface area contributed by atoms with Gasteiger partial charge in [0.15, 0.2) is 11.5 Å². The molecule has 0 saturated heterocycles. The van der Waals surface area contributed by atoms with E-state index < -0.39 is 0 Å². The number of methoxy groups -OCH3 is 1. The van der Waals surface area contributed by atoms with Crippen LogP contribution in [0.3, 0.4) is 0 Å². The van der Waals surface area contributed by atoms with Crippen molar-refractivity contribution in [3.8, 4) is 17.2 Å². The number of hydrogen-bond acceptors (Lipinski definition) is 4. The van der Waals surface area contributed by atoms with Crippen LogP contribution in [0.2, 0.25) is 0 Å². The number of rotatable bonds is 8. The quantitative estimate of drug-likeness (QED) is 0.575. The van der Waals surface area contributed by atoms with Gasteiger partial charge in [0.1, 0.15) is 5.75 Å². The molecule has 4 rings (SSSR count). The van der Waals surface area contributed by atoms with Gasteiger partial charge in [-0.05, 0) is 80.2 Å². The predicted molar refractivity (Wildman–Crippen MR) is 112 cm³/mol. The SMILES string of the molecule is COc1ccc2[nH]c(C)c(CCNC[C@H](C)Cc3ccc4c(c3)OCO4)c2c1. The van der Waals surface area contributed by atoms with E-state index in [0.717, 1.165) is 43.2 Å². The molecular formula is C23H28N2O3. The Kier molecular flexibility index (Phi) is 5.44. The summed E-state index contributed by atoms with van der Waals surface area (Å²) in [5, 5.41) is 4.87. The van der Waals surface area contributed by atoms with Crippen LogP contribution in [0.5, 0.6) is 17.2 Å². The first-order chi connectivity index (χ1) is 13.6. The van der Waals surface area contributed by atoms with Crippen molar-refractivity contribution in [3.63, 3.8) is 0 Å². The van der Waals surface area contributed by atoms with E-state index in [2.05, 4.69) is 48.4 Å². The molecule has 0 unspecified atom stereocenters. The molecule has 2 heterocycles. The van der Waals surface area contributed by atoms with E-state index in [0.29, 0.717) is 12.7 Å². The van der Waals surface area contributed by atoms with Gasteiger partial charge in [-0.2, -0.15) is 0 Å². The monoisotopic (exact) mass is 380 g/mol. The summed E-state index contributed by atoms with van der Waals surface area (Å²) in [5.74, 6) is 3.16.